The van der Waals surface area contributed by atoms with Crippen molar-refractivity contribution in [3.05, 3.63) is 11.9 Å². The predicted molar refractivity (Wildman–Crippen MR) is 43.3 cm³/mol. The van der Waals surface area contributed by atoms with Crippen LogP contribution in [0.4, 0.5) is 0 Å². The molecule has 6 nitrogen and oxygen atoms in total. The highest BCUT2D eigenvalue weighted by atomic mass is 16.5. The minimum atomic E-state index is -0.633. The second-order valence-corrected chi connectivity index (χ2v) is 2.59. The van der Waals surface area contributed by atoms with Gasteiger partial charge in [-0.1, -0.05) is 5.21 Å². The van der Waals surface area contributed by atoms with Crippen LogP contribution in [-0.4, -0.2) is 46.2 Å². The molecule has 1 N–H and O–H groups in total. The molecule has 6 heteroatoms. The van der Waals surface area contributed by atoms with E-state index in [1.54, 1.807) is 0 Å². The molecule has 0 radical (unpaired) electrons. The molecule has 0 bridgehead atoms. The van der Waals surface area contributed by atoms with Crippen molar-refractivity contribution >= 4 is 6.29 Å². The van der Waals surface area contributed by atoms with E-state index in [4.69, 9.17) is 4.74 Å². The lowest BCUT2D eigenvalue weighted by atomic mass is 10.4. The van der Waals surface area contributed by atoms with Crippen LogP contribution >= 0.6 is 0 Å². The summed E-state index contributed by atoms with van der Waals surface area (Å²) in [5.41, 5.74) is 0.254. The first kappa shape index (κ1) is 9.82. The Labute approximate surface area is 75.1 Å². The van der Waals surface area contributed by atoms with Gasteiger partial charge in [-0.15, -0.1) is 5.10 Å². The molecule has 0 fully saturated rings. The first-order valence-electron chi connectivity index (χ1n) is 3.78. The van der Waals surface area contributed by atoms with Gasteiger partial charge in [-0.05, 0) is 0 Å². The third-order valence-electron chi connectivity index (χ3n) is 1.43. The van der Waals surface area contributed by atoms with Gasteiger partial charge in [-0.3, -0.25) is 4.79 Å². The van der Waals surface area contributed by atoms with Gasteiger partial charge in [0.05, 0.1) is 25.5 Å². The van der Waals surface area contributed by atoms with E-state index in [9.17, 15) is 9.90 Å². The van der Waals surface area contributed by atoms with Gasteiger partial charge in [0.1, 0.15) is 5.69 Å². The molecule has 1 rings (SSSR count). The number of carbonyl (C=O) groups excluding carboxylic acids is 1. The van der Waals surface area contributed by atoms with E-state index in [1.165, 1.54) is 18.0 Å². The molecule has 0 aliphatic carbocycles. The van der Waals surface area contributed by atoms with Crippen LogP contribution in [0.5, 0.6) is 0 Å². The summed E-state index contributed by atoms with van der Waals surface area (Å²) in [5, 5.41) is 16.5. The van der Waals surface area contributed by atoms with Crippen molar-refractivity contribution in [2.45, 2.75) is 12.6 Å². The van der Waals surface area contributed by atoms with Crippen LogP contribution in [0.2, 0.25) is 0 Å². The minimum Gasteiger partial charge on any atom is -0.389 e. The van der Waals surface area contributed by atoms with Crippen LogP contribution in [0.15, 0.2) is 6.20 Å². The summed E-state index contributed by atoms with van der Waals surface area (Å²) in [4.78, 5) is 10.2. The Morgan fingerprint density at radius 1 is 1.85 bits per heavy atom. The van der Waals surface area contributed by atoms with Crippen molar-refractivity contribution in [3.8, 4) is 0 Å². The van der Waals surface area contributed by atoms with Crippen LogP contribution in [0.25, 0.3) is 0 Å². The molecule has 0 saturated heterocycles. The number of ether oxygens (including phenoxy) is 1. The second-order valence-electron chi connectivity index (χ2n) is 2.59. The molecule has 0 amide bonds. The van der Waals surface area contributed by atoms with Gasteiger partial charge in [-0.25, -0.2) is 4.68 Å². The number of rotatable bonds is 5. The average molecular weight is 185 g/mol. The number of aliphatic hydroxyl groups is 1. The average Bonchev–Trinajstić information content (AvgIpc) is 2.52. The van der Waals surface area contributed by atoms with Crippen molar-refractivity contribution in [1.29, 1.82) is 0 Å². The zero-order valence-electron chi connectivity index (χ0n) is 7.25. The maximum atomic E-state index is 10.2. The molecule has 1 aromatic heterocycles. The fourth-order valence-corrected chi connectivity index (χ4v) is 0.918. The molecule has 0 aliphatic rings. The summed E-state index contributed by atoms with van der Waals surface area (Å²) in [5.74, 6) is 0. The predicted octanol–water partition coefficient (Wildman–Crippen LogP) is -0.902. The summed E-state index contributed by atoms with van der Waals surface area (Å²) in [6, 6.07) is 0. The lowest BCUT2D eigenvalue weighted by molar-refractivity contribution is 0.0510. The van der Waals surface area contributed by atoms with E-state index in [2.05, 4.69) is 10.3 Å². The summed E-state index contributed by atoms with van der Waals surface area (Å²) < 4.78 is 6.12. The Bertz CT molecular complexity index is 274. The van der Waals surface area contributed by atoms with Gasteiger partial charge in [0, 0.05) is 7.11 Å². The van der Waals surface area contributed by atoms with E-state index < -0.39 is 6.10 Å². The van der Waals surface area contributed by atoms with E-state index in [0.29, 0.717) is 6.29 Å². The molecule has 1 unspecified atom stereocenters. The zero-order chi connectivity index (χ0) is 9.68. The Hall–Kier alpha value is -1.27. The molecule has 13 heavy (non-hydrogen) atoms. The smallest absolute Gasteiger partial charge is 0.171 e. The standard InChI is InChI=1S/C7H11N3O3/c1-13-5-7(12)3-10-2-6(4-11)8-9-10/h2,4,7,12H,3,5H2,1H3. The van der Waals surface area contributed by atoms with Crippen LogP contribution < -0.4 is 0 Å². The van der Waals surface area contributed by atoms with Crippen molar-refractivity contribution in [1.82, 2.24) is 15.0 Å². The summed E-state index contributed by atoms with van der Waals surface area (Å²) >= 11 is 0. The SMILES string of the molecule is COCC(O)Cn1cc(C=O)nn1. The van der Waals surface area contributed by atoms with Gasteiger partial charge >= 0.3 is 0 Å². The van der Waals surface area contributed by atoms with Crippen LogP contribution in [-0.2, 0) is 11.3 Å². The number of aliphatic hydroxyl groups excluding tert-OH is 1. The summed E-state index contributed by atoms with van der Waals surface area (Å²) in [7, 11) is 1.50. The van der Waals surface area contributed by atoms with Crippen molar-refractivity contribution in [3.63, 3.8) is 0 Å². The molecule has 0 saturated carbocycles. The van der Waals surface area contributed by atoms with E-state index >= 15 is 0 Å². The number of aromatic nitrogens is 3. The number of carbonyl (C=O) groups is 1. The first-order chi connectivity index (χ1) is 6.26. The molecule has 1 heterocycles. The molecular weight excluding hydrogens is 174 g/mol. The minimum absolute atomic E-state index is 0.232. The van der Waals surface area contributed by atoms with Gasteiger partial charge in [0.2, 0.25) is 0 Å². The number of aldehydes is 1. The number of hydrogen-bond donors (Lipinski definition) is 1. The maximum absolute atomic E-state index is 10.2. The lowest BCUT2D eigenvalue weighted by Crippen LogP contribution is -2.21. The third-order valence-corrected chi connectivity index (χ3v) is 1.43. The summed E-state index contributed by atoms with van der Waals surface area (Å²) in [6.45, 7) is 0.505. The topological polar surface area (TPSA) is 77.2 Å². The monoisotopic (exact) mass is 185 g/mol. The molecule has 1 atom stereocenters. The normalized spacial score (nSPS) is 12.8. The van der Waals surface area contributed by atoms with Crippen LogP contribution in [0.3, 0.4) is 0 Å². The maximum Gasteiger partial charge on any atom is 0.171 e. The highest BCUT2D eigenvalue weighted by Gasteiger charge is 2.06. The molecule has 1 aromatic rings. The van der Waals surface area contributed by atoms with Crippen LogP contribution in [0, 0.1) is 0 Å². The van der Waals surface area contributed by atoms with Crippen molar-refractivity contribution < 1.29 is 14.6 Å². The van der Waals surface area contributed by atoms with Gasteiger partial charge < -0.3 is 9.84 Å². The van der Waals surface area contributed by atoms with Crippen molar-refractivity contribution in [2.75, 3.05) is 13.7 Å². The Morgan fingerprint density at radius 3 is 3.15 bits per heavy atom. The molecule has 0 aliphatic heterocycles. The van der Waals surface area contributed by atoms with Crippen molar-refractivity contribution in [2.24, 2.45) is 0 Å². The van der Waals surface area contributed by atoms with Crippen LogP contribution in [0.1, 0.15) is 10.5 Å². The van der Waals surface area contributed by atoms with Gasteiger partial charge in [0.15, 0.2) is 6.29 Å². The molecule has 0 aromatic carbocycles. The highest BCUT2D eigenvalue weighted by Crippen LogP contribution is 1.93. The lowest BCUT2D eigenvalue weighted by Gasteiger charge is -2.07. The van der Waals surface area contributed by atoms with Gasteiger partial charge in [0.25, 0.3) is 0 Å². The molecule has 0 spiro atoms. The fraction of sp³-hybridized carbons (Fsp3) is 0.571. The molecular formula is C7H11N3O3. The largest absolute Gasteiger partial charge is 0.389 e. The first-order valence-corrected chi connectivity index (χ1v) is 3.78. The molecule has 72 valence electrons. The van der Waals surface area contributed by atoms with Gasteiger partial charge in [-0.2, -0.15) is 0 Å². The number of hydrogen-bond acceptors (Lipinski definition) is 5. The van der Waals surface area contributed by atoms with E-state index in [1.807, 2.05) is 0 Å². The van der Waals surface area contributed by atoms with E-state index in [-0.39, 0.29) is 18.8 Å². The fourth-order valence-electron chi connectivity index (χ4n) is 0.918. The number of nitrogens with zero attached hydrogens (tertiary/aromatic N) is 3. The number of methoxy groups -OCH3 is 1. The Balaban J connectivity index is 2.48. The quantitative estimate of drug-likeness (QED) is 0.601. The Kier molecular flexibility index (Phi) is 3.53. The second kappa shape index (κ2) is 4.68. The summed E-state index contributed by atoms with van der Waals surface area (Å²) in [6.07, 6.45) is 1.43. The van der Waals surface area contributed by atoms with E-state index in [0.717, 1.165) is 0 Å². The zero-order valence-corrected chi connectivity index (χ0v) is 7.25. The Morgan fingerprint density at radius 2 is 2.62 bits per heavy atom. The third kappa shape index (κ3) is 2.92. The highest BCUT2D eigenvalue weighted by molar-refractivity contribution is 5.70.